The first-order valence-electron chi connectivity index (χ1n) is 6.76. The third-order valence-corrected chi connectivity index (χ3v) is 3.38. The Bertz CT molecular complexity index is 732. The summed E-state index contributed by atoms with van der Waals surface area (Å²) in [5.41, 5.74) is -1.11. The van der Waals surface area contributed by atoms with Crippen LogP contribution in [-0.2, 0) is 11.0 Å². The van der Waals surface area contributed by atoms with Crippen LogP contribution in [0.4, 0.5) is 23.2 Å². The highest BCUT2D eigenvalue weighted by Gasteiger charge is 2.31. The van der Waals surface area contributed by atoms with Gasteiger partial charge in [-0.15, -0.1) is 0 Å². The van der Waals surface area contributed by atoms with Crippen molar-refractivity contribution in [1.29, 1.82) is 0 Å². The molecule has 0 aliphatic carbocycles. The highest BCUT2D eigenvalue weighted by atomic mass is 35.5. The number of nitrogens with one attached hydrogen (secondary N) is 1. The van der Waals surface area contributed by atoms with Crippen LogP contribution in [0.3, 0.4) is 0 Å². The van der Waals surface area contributed by atoms with Gasteiger partial charge in [-0.2, -0.15) is 13.2 Å². The summed E-state index contributed by atoms with van der Waals surface area (Å²) in [6, 6.07) is 7.58. The number of carbonyl (C=O) groups is 1. The third kappa shape index (κ3) is 4.61. The Hall–Kier alpha value is -2.28. The lowest BCUT2D eigenvalue weighted by Gasteiger charge is -2.16. The zero-order valence-corrected chi connectivity index (χ0v) is 13.1. The minimum atomic E-state index is -4.56. The summed E-state index contributed by atoms with van der Waals surface area (Å²) in [4.78, 5) is 12.0. The lowest BCUT2D eigenvalue weighted by atomic mass is 10.2. The number of ether oxygens (including phenoxy) is 1. The molecule has 2 aromatic carbocycles. The maximum absolute atomic E-state index is 12.8. The lowest BCUT2D eigenvalue weighted by Crippen LogP contribution is -2.30. The molecule has 0 bridgehead atoms. The largest absolute Gasteiger partial charge is 0.481 e. The number of benzene rings is 2. The predicted molar refractivity (Wildman–Crippen MR) is 81.6 cm³/mol. The number of halogens is 5. The Morgan fingerprint density at radius 3 is 2.38 bits per heavy atom. The van der Waals surface area contributed by atoms with Crippen molar-refractivity contribution in [3.63, 3.8) is 0 Å². The van der Waals surface area contributed by atoms with Crippen molar-refractivity contribution in [3.8, 4) is 5.75 Å². The van der Waals surface area contributed by atoms with E-state index in [0.717, 1.165) is 30.3 Å². The van der Waals surface area contributed by atoms with E-state index in [9.17, 15) is 22.4 Å². The maximum Gasteiger partial charge on any atom is 0.416 e. The van der Waals surface area contributed by atoms with E-state index < -0.39 is 29.6 Å². The molecule has 0 saturated heterocycles. The van der Waals surface area contributed by atoms with Crippen LogP contribution in [0.15, 0.2) is 42.5 Å². The van der Waals surface area contributed by atoms with Gasteiger partial charge in [-0.05, 0) is 49.4 Å². The Kier molecular flexibility index (Phi) is 5.33. The Balaban J connectivity index is 2.09. The summed E-state index contributed by atoms with van der Waals surface area (Å²) < 4.78 is 56.2. The molecule has 128 valence electrons. The standard InChI is InChI=1S/C16H12ClF4NO2/c1-9(24-12-5-3-11(18)4-6-12)15(23)22-14-8-10(16(19,20)21)2-7-13(14)17/h2-9H,1H3,(H,22,23)/t9-/m1/s1. The van der Waals surface area contributed by atoms with Crippen molar-refractivity contribution in [2.75, 3.05) is 5.32 Å². The second kappa shape index (κ2) is 7.09. The maximum atomic E-state index is 12.8. The fourth-order valence-electron chi connectivity index (χ4n) is 1.80. The van der Waals surface area contributed by atoms with E-state index in [0.29, 0.717) is 0 Å². The first-order valence-corrected chi connectivity index (χ1v) is 7.14. The third-order valence-electron chi connectivity index (χ3n) is 3.05. The smallest absolute Gasteiger partial charge is 0.416 e. The number of hydrogen-bond donors (Lipinski definition) is 1. The van der Waals surface area contributed by atoms with Gasteiger partial charge in [0, 0.05) is 0 Å². The molecule has 0 radical (unpaired) electrons. The van der Waals surface area contributed by atoms with E-state index in [1.165, 1.54) is 19.1 Å². The molecule has 3 nitrogen and oxygen atoms in total. The molecule has 0 heterocycles. The summed E-state index contributed by atoms with van der Waals surface area (Å²) >= 11 is 5.81. The monoisotopic (exact) mass is 361 g/mol. The van der Waals surface area contributed by atoms with E-state index in [4.69, 9.17) is 16.3 Å². The van der Waals surface area contributed by atoms with Gasteiger partial charge in [0.05, 0.1) is 16.3 Å². The number of anilines is 1. The van der Waals surface area contributed by atoms with Crippen molar-refractivity contribution in [2.45, 2.75) is 19.2 Å². The van der Waals surface area contributed by atoms with Crippen LogP contribution in [0.1, 0.15) is 12.5 Å². The van der Waals surface area contributed by atoms with Crippen LogP contribution in [0.25, 0.3) is 0 Å². The first-order chi connectivity index (χ1) is 11.2. The SMILES string of the molecule is C[C@@H](Oc1ccc(F)cc1)C(=O)Nc1cc(C(F)(F)F)ccc1Cl. The number of rotatable bonds is 4. The minimum absolute atomic E-state index is 0.0367. The number of hydrogen-bond acceptors (Lipinski definition) is 2. The molecule has 1 amide bonds. The Morgan fingerprint density at radius 1 is 1.17 bits per heavy atom. The molecule has 0 saturated carbocycles. The molecule has 0 unspecified atom stereocenters. The fourth-order valence-corrected chi connectivity index (χ4v) is 1.97. The molecule has 1 N–H and O–H groups in total. The quantitative estimate of drug-likeness (QED) is 0.786. The molecular formula is C16H12ClF4NO2. The summed E-state index contributed by atoms with van der Waals surface area (Å²) in [6.45, 7) is 1.40. The summed E-state index contributed by atoms with van der Waals surface area (Å²) in [7, 11) is 0. The van der Waals surface area contributed by atoms with Crippen LogP contribution in [0.2, 0.25) is 5.02 Å². The zero-order chi connectivity index (χ0) is 17.9. The van der Waals surface area contributed by atoms with Gasteiger partial charge in [0.1, 0.15) is 11.6 Å². The Morgan fingerprint density at radius 2 is 1.79 bits per heavy atom. The molecule has 0 aromatic heterocycles. The number of carbonyl (C=O) groups excluding carboxylic acids is 1. The summed E-state index contributed by atoms with van der Waals surface area (Å²) in [5.74, 6) is -0.912. The van der Waals surface area contributed by atoms with Crippen molar-refractivity contribution >= 4 is 23.2 Å². The highest BCUT2D eigenvalue weighted by Crippen LogP contribution is 2.33. The van der Waals surface area contributed by atoms with E-state index in [2.05, 4.69) is 5.32 Å². The minimum Gasteiger partial charge on any atom is -0.481 e. The summed E-state index contributed by atoms with van der Waals surface area (Å²) in [5, 5.41) is 2.25. The second-order valence-corrected chi connectivity index (χ2v) is 5.30. The molecule has 1 atom stereocenters. The molecule has 0 aliphatic rings. The Labute approximate surface area is 140 Å². The average Bonchev–Trinajstić information content (AvgIpc) is 2.50. The lowest BCUT2D eigenvalue weighted by molar-refractivity contribution is -0.137. The van der Waals surface area contributed by atoms with E-state index >= 15 is 0 Å². The molecule has 0 fully saturated rings. The van der Waals surface area contributed by atoms with Gasteiger partial charge in [-0.25, -0.2) is 4.39 Å². The van der Waals surface area contributed by atoms with Crippen LogP contribution in [0, 0.1) is 5.82 Å². The van der Waals surface area contributed by atoms with E-state index in [-0.39, 0.29) is 16.5 Å². The number of amides is 1. The second-order valence-electron chi connectivity index (χ2n) is 4.90. The molecule has 8 heteroatoms. The van der Waals surface area contributed by atoms with Gasteiger partial charge in [-0.3, -0.25) is 4.79 Å². The molecule has 0 spiro atoms. The highest BCUT2D eigenvalue weighted by molar-refractivity contribution is 6.33. The summed E-state index contributed by atoms with van der Waals surface area (Å²) in [6.07, 6.45) is -5.58. The topological polar surface area (TPSA) is 38.3 Å². The van der Waals surface area contributed by atoms with Crippen molar-refractivity contribution < 1.29 is 27.1 Å². The van der Waals surface area contributed by atoms with Crippen LogP contribution in [0.5, 0.6) is 5.75 Å². The van der Waals surface area contributed by atoms with Crippen LogP contribution in [-0.4, -0.2) is 12.0 Å². The molecule has 24 heavy (non-hydrogen) atoms. The zero-order valence-electron chi connectivity index (χ0n) is 12.3. The van der Waals surface area contributed by atoms with Crippen molar-refractivity contribution in [3.05, 3.63) is 58.9 Å². The van der Waals surface area contributed by atoms with Gasteiger partial charge in [0.15, 0.2) is 6.10 Å². The van der Waals surface area contributed by atoms with Crippen molar-refractivity contribution in [2.24, 2.45) is 0 Å². The fraction of sp³-hybridized carbons (Fsp3) is 0.188. The van der Waals surface area contributed by atoms with Crippen molar-refractivity contribution in [1.82, 2.24) is 0 Å². The van der Waals surface area contributed by atoms with Gasteiger partial charge < -0.3 is 10.1 Å². The molecule has 2 rings (SSSR count). The van der Waals surface area contributed by atoms with Gasteiger partial charge in [0.25, 0.3) is 5.91 Å². The van der Waals surface area contributed by atoms with Gasteiger partial charge in [0.2, 0.25) is 0 Å². The van der Waals surface area contributed by atoms with Gasteiger partial charge >= 0.3 is 6.18 Å². The van der Waals surface area contributed by atoms with Crippen LogP contribution >= 0.6 is 11.6 Å². The first kappa shape index (κ1) is 18.1. The predicted octanol–water partition coefficient (Wildman–Crippen LogP) is 4.90. The molecule has 2 aromatic rings. The normalized spacial score (nSPS) is 12.6. The molecular weight excluding hydrogens is 350 g/mol. The molecule has 0 aliphatic heterocycles. The van der Waals surface area contributed by atoms with E-state index in [1.54, 1.807) is 0 Å². The van der Waals surface area contributed by atoms with E-state index in [1.807, 2.05) is 0 Å². The van der Waals surface area contributed by atoms with Crippen LogP contribution < -0.4 is 10.1 Å². The average molecular weight is 362 g/mol. The number of alkyl halides is 3. The van der Waals surface area contributed by atoms with Gasteiger partial charge in [-0.1, -0.05) is 11.6 Å².